The fraction of sp³-hybridized carbons (Fsp3) is 0.125. The summed E-state index contributed by atoms with van der Waals surface area (Å²) in [5.74, 6) is 0.667. The highest BCUT2D eigenvalue weighted by molar-refractivity contribution is 7.99. The number of para-hydroxylation sites is 1. The zero-order valence-electron chi connectivity index (χ0n) is 16.9. The van der Waals surface area contributed by atoms with Gasteiger partial charge in [0.25, 0.3) is 0 Å². The van der Waals surface area contributed by atoms with E-state index in [2.05, 4.69) is 10.2 Å². The van der Waals surface area contributed by atoms with E-state index < -0.39 is 0 Å². The van der Waals surface area contributed by atoms with Gasteiger partial charge in [0, 0.05) is 0 Å². The van der Waals surface area contributed by atoms with Gasteiger partial charge in [-0.05, 0) is 29.8 Å². The number of benzene rings is 3. The average molecular weight is 434 g/mol. The van der Waals surface area contributed by atoms with E-state index in [1.165, 1.54) is 24.9 Å². The van der Waals surface area contributed by atoms with Crippen LogP contribution in [0.4, 0.5) is 4.39 Å². The van der Waals surface area contributed by atoms with Crippen molar-refractivity contribution in [2.75, 3.05) is 12.9 Å². The van der Waals surface area contributed by atoms with Crippen molar-refractivity contribution in [2.45, 2.75) is 11.7 Å². The molecule has 0 saturated heterocycles. The maximum atomic E-state index is 14.5. The molecule has 31 heavy (non-hydrogen) atoms. The quantitative estimate of drug-likeness (QED) is 0.285. The van der Waals surface area contributed by atoms with E-state index in [-0.39, 0.29) is 17.4 Å². The van der Waals surface area contributed by atoms with Crippen LogP contribution in [0.25, 0.3) is 11.4 Å². The van der Waals surface area contributed by atoms with E-state index in [0.29, 0.717) is 34.4 Å². The first-order valence-electron chi connectivity index (χ1n) is 9.68. The van der Waals surface area contributed by atoms with E-state index in [4.69, 9.17) is 4.74 Å². The Morgan fingerprint density at radius 2 is 1.68 bits per heavy atom. The lowest BCUT2D eigenvalue weighted by molar-refractivity contribution is 0.101. The number of hydrogen-bond acceptors (Lipinski definition) is 5. The van der Waals surface area contributed by atoms with Crippen LogP contribution in [0.5, 0.6) is 5.75 Å². The summed E-state index contributed by atoms with van der Waals surface area (Å²) in [6, 6.07) is 23.4. The first kappa shape index (κ1) is 20.8. The number of thioether (sulfide) groups is 1. The van der Waals surface area contributed by atoms with Gasteiger partial charge in [-0.3, -0.25) is 9.36 Å². The highest BCUT2D eigenvalue weighted by Crippen LogP contribution is 2.28. The van der Waals surface area contributed by atoms with Crippen LogP contribution in [-0.2, 0) is 6.54 Å². The molecule has 1 heterocycles. The molecule has 5 nitrogen and oxygen atoms in total. The maximum Gasteiger partial charge on any atom is 0.192 e. The Kier molecular flexibility index (Phi) is 6.43. The Morgan fingerprint density at radius 1 is 0.968 bits per heavy atom. The first-order valence-corrected chi connectivity index (χ1v) is 10.7. The molecule has 0 bridgehead atoms. The molecule has 0 N–H and O–H groups in total. The summed E-state index contributed by atoms with van der Waals surface area (Å²) in [7, 11) is 1.54. The Hall–Kier alpha value is -3.45. The number of carbonyl (C=O) groups is 1. The van der Waals surface area contributed by atoms with Crippen molar-refractivity contribution in [1.29, 1.82) is 0 Å². The molecule has 0 amide bonds. The van der Waals surface area contributed by atoms with Crippen LogP contribution in [0.15, 0.2) is 84.0 Å². The molecule has 4 aromatic rings. The van der Waals surface area contributed by atoms with Gasteiger partial charge in [-0.1, -0.05) is 66.4 Å². The second-order valence-corrected chi connectivity index (χ2v) is 7.71. The van der Waals surface area contributed by atoms with Crippen molar-refractivity contribution < 1.29 is 13.9 Å². The van der Waals surface area contributed by atoms with Crippen LogP contribution >= 0.6 is 11.8 Å². The van der Waals surface area contributed by atoms with E-state index in [9.17, 15) is 9.18 Å². The summed E-state index contributed by atoms with van der Waals surface area (Å²) in [5, 5.41) is 9.05. The molecule has 0 radical (unpaired) electrons. The number of carbonyl (C=O) groups excluding carboxylic acids is 1. The van der Waals surface area contributed by atoms with Crippen molar-refractivity contribution in [2.24, 2.45) is 0 Å². The molecule has 0 fully saturated rings. The van der Waals surface area contributed by atoms with Gasteiger partial charge in [0.2, 0.25) is 0 Å². The second-order valence-electron chi connectivity index (χ2n) is 6.77. The first-order chi connectivity index (χ1) is 15.2. The topological polar surface area (TPSA) is 57.0 Å². The molecular weight excluding hydrogens is 413 g/mol. The number of halogens is 1. The summed E-state index contributed by atoms with van der Waals surface area (Å²) in [4.78, 5) is 12.8. The number of rotatable bonds is 8. The maximum absolute atomic E-state index is 14.5. The summed E-state index contributed by atoms with van der Waals surface area (Å²) in [5.41, 5.74) is 1.91. The summed E-state index contributed by atoms with van der Waals surface area (Å²) < 4.78 is 21.6. The Morgan fingerprint density at radius 3 is 2.45 bits per heavy atom. The van der Waals surface area contributed by atoms with Crippen molar-refractivity contribution in [3.63, 3.8) is 0 Å². The number of methoxy groups -OCH3 is 1. The molecule has 4 rings (SSSR count). The van der Waals surface area contributed by atoms with Gasteiger partial charge >= 0.3 is 0 Å². The molecule has 1 aromatic heterocycles. The summed E-state index contributed by atoms with van der Waals surface area (Å²) in [6.45, 7) is 0.461. The minimum Gasteiger partial charge on any atom is -0.496 e. The normalized spacial score (nSPS) is 10.8. The minimum absolute atomic E-state index is 0.0795. The molecular formula is C24H20FN3O2S. The van der Waals surface area contributed by atoms with E-state index >= 15 is 0 Å². The van der Waals surface area contributed by atoms with Crippen molar-refractivity contribution >= 4 is 17.5 Å². The molecule has 7 heteroatoms. The highest BCUT2D eigenvalue weighted by atomic mass is 32.2. The third-order valence-electron chi connectivity index (χ3n) is 4.75. The van der Waals surface area contributed by atoms with Gasteiger partial charge in [0.05, 0.1) is 30.5 Å². The molecule has 0 aliphatic rings. The Balaban J connectivity index is 1.64. The largest absolute Gasteiger partial charge is 0.496 e. The minimum atomic E-state index is -0.370. The van der Waals surface area contributed by atoms with Crippen LogP contribution in [0.2, 0.25) is 0 Å². The molecule has 156 valence electrons. The molecule has 0 aliphatic heterocycles. The standard InChI is InChI=1S/C24H20FN3O2S/c1-30-22-14-8-6-12-19(22)21(29)16-31-24-27-26-23(18-11-5-7-13-20(18)25)28(24)15-17-9-3-2-4-10-17/h2-14H,15-16H2,1H3. The molecule has 0 atom stereocenters. The fourth-order valence-electron chi connectivity index (χ4n) is 3.23. The van der Waals surface area contributed by atoms with Crippen LogP contribution in [0.3, 0.4) is 0 Å². The SMILES string of the molecule is COc1ccccc1C(=O)CSc1nnc(-c2ccccc2F)n1Cc1ccccc1. The van der Waals surface area contributed by atoms with Crippen LogP contribution in [0.1, 0.15) is 15.9 Å². The molecule has 0 saturated carbocycles. The monoisotopic (exact) mass is 433 g/mol. The van der Waals surface area contributed by atoms with Gasteiger partial charge in [-0.2, -0.15) is 0 Å². The molecule has 0 unspecified atom stereocenters. The van der Waals surface area contributed by atoms with Crippen molar-refractivity contribution in [3.05, 3.63) is 95.8 Å². The smallest absolute Gasteiger partial charge is 0.192 e. The van der Waals surface area contributed by atoms with Crippen LogP contribution in [-0.4, -0.2) is 33.4 Å². The number of nitrogens with zero attached hydrogens (tertiary/aromatic N) is 3. The number of hydrogen-bond donors (Lipinski definition) is 0. The van der Waals surface area contributed by atoms with E-state index in [0.717, 1.165) is 5.56 Å². The Labute approximate surface area is 183 Å². The lowest BCUT2D eigenvalue weighted by Crippen LogP contribution is -2.08. The van der Waals surface area contributed by atoms with Gasteiger partial charge in [0.15, 0.2) is 16.8 Å². The highest BCUT2D eigenvalue weighted by Gasteiger charge is 2.19. The fourth-order valence-corrected chi connectivity index (χ4v) is 4.05. The number of Topliss-reactive ketones (excluding diaryl/α,β-unsaturated/α-hetero) is 1. The molecule has 3 aromatic carbocycles. The van der Waals surface area contributed by atoms with E-state index in [1.807, 2.05) is 41.0 Å². The van der Waals surface area contributed by atoms with Gasteiger partial charge in [-0.25, -0.2) is 4.39 Å². The zero-order valence-corrected chi connectivity index (χ0v) is 17.7. The van der Waals surface area contributed by atoms with Gasteiger partial charge in [-0.15, -0.1) is 10.2 Å². The summed E-state index contributed by atoms with van der Waals surface area (Å²) in [6.07, 6.45) is 0. The number of ketones is 1. The number of aromatic nitrogens is 3. The molecule has 0 aliphatic carbocycles. The van der Waals surface area contributed by atoms with Crippen molar-refractivity contribution in [3.8, 4) is 17.1 Å². The van der Waals surface area contributed by atoms with E-state index in [1.54, 1.807) is 36.4 Å². The van der Waals surface area contributed by atoms with Gasteiger partial charge < -0.3 is 4.74 Å². The zero-order chi connectivity index (χ0) is 21.6. The molecule has 0 spiro atoms. The lowest BCUT2D eigenvalue weighted by Gasteiger charge is -2.11. The van der Waals surface area contributed by atoms with Gasteiger partial charge in [0.1, 0.15) is 11.6 Å². The third kappa shape index (κ3) is 4.67. The number of ether oxygens (including phenoxy) is 1. The lowest BCUT2D eigenvalue weighted by atomic mass is 10.1. The van der Waals surface area contributed by atoms with Crippen LogP contribution < -0.4 is 4.74 Å². The van der Waals surface area contributed by atoms with Crippen LogP contribution in [0, 0.1) is 5.82 Å². The Bertz CT molecular complexity index is 1190. The van der Waals surface area contributed by atoms with Crippen molar-refractivity contribution in [1.82, 2.24) is 14.8 Å². The third-order valence-corrected chi connectivity index (χ3v) is 5.72. The summed E-state index contributed by atoms with van der Waals surface area (Å²) >= 11 is 1.27. The average Bonchev–Trinajstić information content (AvgIpc) is 3.20. The second kappa shape index (κ2) is 9.57. The predicted octanol–water partition coefficient (Wildman–Crippen LogP) is 5.12. The predicted molar refractivity (Wildman–Crippen MR) is 119 cm³/mol.